The number of aromatic amines is 1. The minimum atomic E-state index is 0.377. The Hall–Kier alpha value is -2.21. The Balaban J connectivity index is 1.63. The molecule has 0 aliphatic carbocycles. The van der Waals surface area contributed by atoms with E-state index in [0.717, 1.165) is 36.5 Å². The average Bonchev–Trinajstić information content (AvgIpc) is 3.18. The Morgan fingerprint density at radius 3 is 3.10 bits per heavy atom. The lowest BCUT2D eigenvalue weighted by molar-refractivity contribution is 0.135. The monoisotopic (exact) mass is 282 g/mol. The average molecular weight is 282 g/mol. The van der Waals surface area contributed by atoms with E-state index in [2.05, 4.69) is 26.3 Å². The van der Waals surface area contributed by atoms with Crippen LogP contribution in [0, 0.1) is 0 Å². The van der Waals surface area contributed by atoms with Crippen molar-refractivity contribution in [2.24, 2.45) is 0 Å². The summed E-state index contributed by atoms with van der Waals surface area (Å²) in [6.45, 7) is 2.01. The maximum absolute atomic E-state index is 4.77. The molecule has 21 heavy (non-hydrogen) atoms. The van der Waals surface area contributed by atoms with E-state index in [-0.39, 0.29) is 0 Å². The first-order valence-electron chi connectivity index (χ1n) is 7.43. The molecule has 1 atom stereocenters. The van der Waals surface area contributed by atoms with E-state index in [0.29, 0.717) is 6.04 Å². The number of hydrogen-bond donors (Lipinski definition) is 1. The fourth-order valence-corrected chi connectivity index (χ4v) is 3.12. The van der Waals surface area contributed by atoms with Gasteiger partial charge in [-0.05, 0) is 31.5 Å². The third kappa shape index (κ3) is 2.42. The molecule has 3 aromatic rings. The molecule has 6 nitrogen and oxygen atoms in total. The zero-order chi connectivity index (χ0) is 14.1. The van der Waals surface area contributed by atoms with Crippen LogP contribution in [0.2, 0.25) is 0 Å². The maximum Gasteiger partial charge on any atom is 0.155 e. The molecule has 0 spiro atoms. The standard InChI is InChI=1S/C15H18N6/c1-2-9-20(11-12-4-7-16-19-12)14(3-1)13-6-10-21-15(18-13)5-8-17-21/h4-8,10,14H,1-3,9,11H2,(H,16,19)/t14-/m0/s1. The molecule has 0 bridgehead atoms. The van der Waals surface area contributed by atoms with Gasteiger partial charge in [-0.1, -0.05) is 6.42 Å². The smallest absolute Gasteiger partial charge is 0.155 e. The van der Waals surface area contributed by atoms with Gasteiger partial charge in [0.15, 0.2) is 5.65 Å². The fourth-order valence-electron chi connectivity index (χ4n) is 3.12. The summed E-state index contributed by atoms with van der Waals surface area (Å²) in [5.41, 5.74) is 3.22. The minimum Gasteiger partial charge on any atom is -0.289 e. The predicted octanol–water partition coefficient (Wildman–Crippen LogP) is 2.18. The highest BCUT2D eigenvalue weighted by Crippen LogP contribution is 2.30. The van der Waals surface area contributed by atoms with Crippen LogP contribution >= 0.6 is 0 Å². The third-order valence-corrected chi connectivity index (χ3v) is 4.17. The Morgan fingerprint density at radius 1 is 1.19 bits per heavy atom. The van der Waals surface area contributed by atoms with Gasteiger partial charge in [0, 0.05) is 30.7 Å². The summed E-state index contributed by atoms with van der Waals surface area (Å²) in [5, 5.41) is 11.3. The van der Waals surface area contributed by atoms with E-state index in [4.69, 9.17) is 4.98 Å². The molecule has 4 rings (SSSR count). The van der Waals surface area contributed by atoms with E-state index in [1.54, 1.807) is 6.20 Å². The zero-order valence-electron chi connectivity index (χ0n) is 11.8. The molecule has 0 aromatic carbocycles. The molecule has 1 fully saturated rings. The Kier molecular flexibility index (Phi) is 3.16. The zero-order valence-corrected chi connectivity index (χ0v) is 11.8. The van der Waals surface area contributed by atoms with Gasteiger partial charge in [0.25, 0.3) is 0 Å². The number of aromatic nitrogens is 5. The van der Waals surface area contributed by atoms with Gasteiger partial charge in [0.1, 0.15) is 0 Å². The number of rotatable bonds is 3. The van der Waals surface area contributed by atoms with Gasteiger partial charge >= 0.3 is 0 Å². The second-order valence-electron chi connectivity index (χ2n) is 5.55. The summed E-state index contributed by atoms with van der Waals surface area (Å²) in [6.07, 6.45) is 9.27. The van der Waals surface area contributed by atoms with Gasteiger partial charge in [-0.3, -0.25) is 10.00 Å². The van der Waals surface area contributed by atoms with Crippen molar-refractivity contribution in [3.63, 3.8) is 0 Å². The van der Waals surface area contributed by atoms with Crippen LogP contribution in [0.15, 0.2) is 36.8 Å². The molecule has 0 saturated carbocycles. The lowest BCUT2D eigenvalue weighted by Crippen LogP contribution is -2.33. The van der Waals surface area contributed by atoms with Crippen LogP contribution in [-0.2, 0) is 6.54 Å². The van der Waals surface area contributed by atoms with Crippen molar-refractivity contribution in [3.8, 4) is 0 Å². The summed E-state index contributed by atoms with van der Waals surface area (Å²) in [6, 6.07) is 6.46. The van der Waals surface area contributed by atoms with Gasteiger partial charge in [-0.25, -0.2) is 9.50 Å². The number of nitrogens with zero attached hydrogens (tertiary/aromatic N) is 5. The third-order valence-electron chi connectivity index (χ3n) is 4.17. The van der Waals surface area contributed by atoms with Crippen molar-refractivity contribution in [1.82, 2.24) is 29.7 Å². The van der Waals surface area contributed by atoms with Crippen LogP contribution in [0.25, 0.3) is 5.65 Å². The first-order valence-corrected chi connectivity index (χ1v) is 7.43. The van der Waals surface area contributed by atoms with Crippen LogP contribution in [0.3, 0.4) is 0 Å². The number of likely N-dealkylation sites (tertiary alicyclic amines) is 1. The number of H-pyrrole nitrogens is 1. The highest BCUT2D eigenvalue weighted by atomic mass is 15.2. The Morgan fingerprint density at radius 2 is 2.19 bits per heavy atom. The second kappa shape index (κ2) is 5.29. The minimum absolute atomic E-state index is 0.377. The van der Waals surface area contributed by atoms with Crippen molar-refractivity contribution in [1.29, 1.82) is 0 Å². The molecule has 0 radical (unpaired) electrons. The Labute approximate surface area is 122 Å². The SMILES string of the molecule is c1cc(CN2CCCC[C@H]2c2ccn3nccc3n2)[nH]n1. The number of nitrogens with one attached hydrogen (secondary N) is 1. The molecule has 3 aromatic heterocycles. The Bertz CT molecular complexity index is 717. The number of piperidine rings is 1. The van der Waals surface area contributed by atoms with E-state index in [9.17, 15) is 0 Å². The summed E-state index contributed by atoms with van der Waals surface area (Å²) in [5.74, 6) is 0. The lowest BCUT2D eigenvalue weighted by Gasteiger charge is -2.34. The number of hydrogen-bond acceptors (Lipinski definition) is 4. The van der Waals surface area contributed by atoms with Crippen LogP contribution in [-0.4, -0.2) is 36.2 Å². The molecular formula is C15H18N6. The molecular weight excluding hydrogens is 264 g/mol. The van der Waals surface area contributed by atoms with Crippen LogP contribution in [0.1, 0.15) is 36.7 Å². The molecule has 1 N–H and O–H groups in total. The molecule has 0 amide bonds. The first kappa shape index (κ1) is 12.5. The van der Waals surface area contributed by atoms with Crippen molar-refractivity contribution < 1.29 is 0 Å². The highest BCUT2D eigenvalue weighted by molar-refractivity contribution is 5.37. The summed E-state index contributed by atoms with van der Waals surface area (Å²) in [7, 11) is 0. The summed E-state index contributed by atoms with van der Waals surface area (Å²) >= 11 is 0. The molecule has 1 saturated heterocycles. The van der Waals surface area contributed by atoms with Crippen molar-refractivity contribution >= 4 is 5.65 Å². The summed E-state index contributed by atoms with van der Waals surface area (Å²) in [4.78, 5) is 7.26. The van der Waals surface area contributed by atoms with E-state index < -0.39 is 0 Å². The van der Waals surface area contributed by atoms with Crippen LogP contribution in [0.4, 0.5) is 0 Å². The fraction of sp³-hybridized carbons (Fsp3) is 0.400. The molecule has 108 valence electrons. The largest absolute Gasteiger partial charge is 0.289 e. The van der Waals surface area contributed by atoms with E-state index >= 15 is 0 Å². The molecule has 6 heteroatoms. The van der Waals surface area contributed by atoms with Crippen molar-refractivity contribution in [2.45, 2.75) is 31.8 Å². The van der Waals surface area contributed by atoms with Gasteiger partial charge in [0.2, 0.25) is 0 Å². The van der Waals surface area contributed by atoms with Gasteiger partial charge in [0.05, 0.1) is 17.9 Å². The quantitative estimate of drug-likeness (QED) is 0.800. The maximum atomic E-state index is 4.77. The van der Waals surface area contributed by atoms with Crippen molar-refractivity contribution in [2.75, 3.05) is 6.54 Å². The molecule has 1 aliphatic heterocycles. The summed E-state index contributed by atoms with van der Waals surface area (Å²) < 4.78 is 1.81. The van der Waals surface area contributed by atoms with Gasteiger partial charge < -0.3 is 0 Å². The topological polar surface area (TPSA) is 62.1 Å². The van der Waals surface area contributed by atoms with Crippen LogP contribution < -0.4 is 0 Å². The molecule has 0 unspecified atom stereocenters. The van der Waals surface area contributed by atoms with Gasteiger partial charge in [-0.2, -0.15) is 10.2 Å². The van der Waals surface area contributed by atoms with Gasteiger partial charge in [-0.15, -0.1) is 0 Å². The van der Waals surface area contributed by atoms with Crippen molar-refractivity contribution in [3.05, 3.63) is 48.2 Å². The van der Waals surface area contributed by atoms with E-state index in [1.807, 2.05) is 29.0 Å². The number of fused-ring (bicyclic) bond motifs is 1. The second-order valence-corrected chi connectivity index (χ2v) is 5.55. The normalized spacial score (nSPS) is 20.1. The molecule has 4 heterocycles. The predicted molar refractivity (Wildman–Crippen MR) is 78.6 cm³/mol. The van der Waals surface area contributed by atoms with Crippen LogP contribution in [0.5, 0.6) is 0 Å². The lowest BCUT2D eigenvalue weighted by atomic mass is 9.99. The molecule has 1 aliphatic rings. The first-order chi connectivity index (χ1) is 10.4. The van der Waals surface area contributed by atoms with E-state index in [1.165, 1.54) is 12.8 Å². The highest BCUT2D eigenvalue weighted by Gasteiger charge is 2.25.